The summed E-state index contributed by atoms with van der Waals surface area (Å²) in [4.78, 5) is 4.03. The van der Waals surface area contributed by atoms with Crippen molar-refractivity contribution in [2.75, 3.05) is 0 Å². The van der Waals surface area contributed by atoms with Gasteiger partial charge in [0.15, 0.2) is 0 Å². The Labute approximate surface area is 107 Å². The second-order valence-corrected chi connectivity index (χ2v) is 4.64. The third-order valence-electron chi connectivity index (χ3n) is 2.97. The van der Waals surface area contributed by atoms with Gasteiger partial charge in [-0.25, -0.2) is 4.98 Å². The Hall–Kier alpha value is -1.81. The highest BCUT2D eigenvalue weighted by atomic mass is 16.3. The average Bonchev–Trinajstić information content (AvgIpc) is 2.82. The normalized spacial score (nSPS) is 14.3. The van der Waals surface area contributed by atoms with Crippen LogP contribution in [-0.4, -0.2) is 20.7 Å². The van der Waals surface area contributed by atoms with E-state index < -0.39 is 0 Å². The first-order valence-corrected chi connectivity index (χ1v) is 6.16. The Bertz CT molecular complexity index is 464. The van der Waals surface area contributed by atoms with E-state index >= 15 is 0 Å². The highest BCUT2D eigenvalue weighted by Crippen LogP contribution is 2.16. The fourth-order valence-electron chi connectivity index (χ4n) is 2.05. The first kappa shape index (κ1) is 12.6. The summed E-state index contributed by atoms with van der Waals surface area (Å²) in [5.41, 5.74) is 1.17. The summed E-state index contributed by atoms with van der Waals surface area (Å²) >= 11 is 0. The lowest BCUT2D eigenvalue weighted by Crippen LogP contribution is -2.32. The molecule has 0 aliphatic heterocycles. The monoisotopic (exact) mass is 245 g/mol. The van der Waals surface area contributed by atoms with Crippen LogP contribution in [-0.2, 0) is 6.54 Å². The summed E-state index contributed by atoms with van der Waals surface area (Å²) in [6, 6.07) is 7.92. The standard InChI is InChI=1S/C14H19N3O/c1-11(9-17-8-7-15-10-17)16-12(2)13-3-5-14(18)6-4-13/h3-8,10-12,16,18H,9H2,1-2H3. The van der Waals surface area contributed by atoms with Crippen LogP contribution in [0.4, 0.5) is 0 Å². The second-order valence-electron chi connectivity index (χ2n) is 4.64. The van der Waals surface area contributed by atoms with Crippen molar-refractivity contribution in [2.24, 2.45) is 0 Å². The number of nitrogens with one attached hydrogen (secondary N) is 1. The molecule has 2 unspecified atom stereocenters. The minimum atomic E-state index is 0.254. The van der Waals surface area contributed by atoms with Crippen molar-refractivity contribution >= 4 is 0 Å². The molecule has 0 amide bonds. The topological polar surface area (TPSA) is 50.1 Å². The van der Waals surface area contributed by atoms with Gasteiger partial charge in [0, 0.05) is 31.0 Å². The molecule has 0 radical (unpaired) electrons. The Morgan fingerprint density at radius 2 is 2.00 bits per heavy atom. The molecular weight excluding hydrogens is 226 g/mol. The van der Waals surface area contributed by atoms with Gasteiger partial charge in [0.2, 0.25) is 0 Å². The molecule has 0 aliphatic carbocycles. The third-order valence-corrected chi connectivity index (χ3v) is 2.97. The van der Waals surface area contributed by atoms with E-state index in [1.165, 1.54) is 5.56 Å². The van der Waals surface area contributed by atoms with Gasteiger partial charge in [0.1, 0.15) is 5.75 Å². The van der Waals surface area contributed by atoms with Crippen LogP contribution in [0.25, 0.3) is 0 Å². The maximum absolute atomic E-state index is 9.26. The highest BCUT2D eigenvalue weighted by Gasteiger charge is 2.09. The van der Waals surface area contributed by atoms with Gasteiger partial charge in [-0.2, -0.15) is 0 Å². The lowest BCUT2D eigenvalue weighted by atomic mass is 10.1. The number of imidazole rings is 1. The molecule has 0 bridgehead atoms. The largest absolute Gasteiger partial charge is 0.508 e. The Morgan fingerprint density at radius 1 is 1.28 bits per heavy atom. The molecule has 2 rings (SSSR count). The second kappa shape index (κ2) is 5.69. The fourth-order valence-corrected chi connectivity index (χ4v) is 2.05. The number of nitrogens with zero attached hydrogens (tertiary/aromatic N) is 2. The molecule has 2 atom stereocenters. The number of rotatable bonds is 5. The first-order chi connectivity index (χ1) is 8.65. The van der Waals surface area contributed by atoms with E-state index in [9.17, 15) is 5.11 Å². The van der Waals surface area contributed by atoms with Gasteiger partial charge < -0.3 is 15.0 Å². The molecule has 4 heteroatoms. The van der Waals surface area contributed by atoms with Gasteiger partial charge in [0.05, 0.1) is 6.33 Å². The highest BCUT2D eigenvalue weighted by molar-refractivity contribution is 5.27. The molecule has 0 saturated heterocycles. The molecular formula is C14H19N3O. The first-order valence-electron chi connectivity index (χ1n) is 6.16. The zero-order valence-corrected chi connectivity index (χ0v) is 10.7. The maximum atomic E-state index is 9.26. The van der Waals surface area contributed by atoms with Crippen LogP contribution in [0.5, 0.6) is 5.75 Å². The number of aromatic nitrogens is 2. The van der Waals surface area contributed by atoms with Crippen molar-refractivity contribution in [1.29, 1.82) is 0 Å². The number of phenolic OH excluding ortho intramolecular Hbond substituents is 1. The average molecular weight is 245 g/mol. The van der Waals surface area contributed by atoms with Crippen molar-refractivity contribution < 1.29 is 5.11 Å². The van der Waals surface area contributed by atoms with Crippen LogP contribution in [0, 0.1) is 0 Å². The molecule has 0 saturated carbocycles. The van der Waals surface area contributed by atoms with Gasteiger partial charge in [-0.05, 0) is 31.5 Å². The van der Waals surface area contributed by atoms with E-state index in [-0.39, 0.29) is 6.04 Å². The van der Waals surface area contributed by atoms with Crippen molar-refractivity contribution in [2.45, 2.75) is 32.5 Å². The molecule has 0 fully saturated rings. The third kappa shape index (κ3) is 3.34. The smallest absolute Gasteiger partial charge is 0.115 e. The summed E-state index contributed by atoms with van der Waals surface area (Å²) in [6.07, 6.45) is 5.57. The van der Waals surface area contributed by atoms with Gasteiger partial charge in [-0.15, -0.1) is 0 Å². The van der Waals surface area contributed by atoms with Crippen LogP contribution >= 0.6 is 0 Å². The minimum Gasteiger partial charge on any atom is -0.508 e. The zero-order chi connectivity index (χ0) is 13.0. The van der Waals surface area contributed by atoms with Crippen LogP contribution in [0.15, 0.2) is 43.0 Å². The fraction of sp³-hybridized carbons (Fsp3) is 0.357. The molecule has 0 spiro atoms. The molecule has 2 aromatic rings. The lowest BCUT2D eigenvalue weighted by Gasteiger charge is -2.20. The molecule has 1 aromatic carbocycles. The van der Waals surface area contributed by atoms with Crippen molar-refractivity contribution in [3.63, 3.8) is 0 Å². The van der Waals surface area contributed by atoms with Gasteiger partial charge in [-0.3, -0.25) is 0 Å². The summed E-state index contributed by atoms with van der Waals surface area (Å²) < 4.78 is 2.06. The van der Waals surface area contributed by atoms with Gasteiger partial charge in [0.25, 0.3) is 0 Å². The summed E-state index contributed by atoms with van der Waals surface area (Å²) in [7, 11) is 0. The van der Waals surface area contributed by atoms with Crippen LogP contribution < -0.4 is 5.32 Å². The van der Waals surface area contributed by atoms with Crippen LogP contribution in [0.2, 0.25) is 0 Å². The van der Waals surface area contributed by atoms with Crippen LogP contribution in [0.1, 0.15) is 25.5 Å². The van der Waals surface area contributed by atoms with E-state index in [1.54, 1.807) is 18.3 Å². The SMILES string of the molecule is CC(Cn1ccnc1)NC(C)c1ccc(O)cc1. The summed E-state index contributed by atoms with van der Waals surface area (Å²) in [5, 5.41) is 12.8. The Morgan fingerprint density at radius 3 is 2.61 bits per heavy atom. The van der Waals surface area contributed by atoms with Crippen molar-refractivity contribution in [1.82, 2.24) is 14.9 Å². The number of benzene rings is 1. The number of hydrogen-bond acceptors (Lipinski definition) is 3. The van der Waals surface area contributed by atoms with E-state index in [2.05, 4.69) is 28.7 Å². The quantitative estimate of drug-likeness (QED) is 0.850. The molecule has 0 aliphatic rings. The van der Waals surface area contributed by atoms with Crippen molar-refractivity contribution in [3.8, 4) is 5.75 Å². The molecule has 4 nitrogen and oxygen atoms in total. The summed E-state index contributed by atoms with van der Waals surface area (Å²) in [5.74, 6) is 0.303. The van der Waals surface area contributed by atoms with Gasteiger partial charge >= 0.3 is 0 Å². The number of phenols is 1. The predicted octanol–water partition coefficient (Wildman–Crippen LogP) is 2.33. The Balaban J connectivity index is 1.90. The predicted molar refractivity (Wildman–Crippen MR) is 71.3 cm³/mol. The molecule has 1 heterocycles. The minimum absolute atomic E-state index is 0.254. The number of hydrogen-bond donors (Lipinski definition) is 2. The molecule has 2 N–H and O–H groups in total. The Kier molecular flexibility index (Phi) is 3.99. The van der Waals surface area contributed by atoms with Crippen LogP contribution in [0.3, 0.4) is 0 Å². The van der Waals surface area contributed by atoms with E-state index in [4.69, 9.17) is 0 Å². The lowest BCUT2D eigenvalue weighted by molar-refractivity contribution is 0.429. The maximum Gasteiger partial charge on any atom is 0.115 e. The van der Waals surface area contributed by atoms with E-state index in [0.29, 0.717) is 11.8 Å². The number of aromatic hydroxyl groups is 1. The summed E-state index contributed by atoms with van der Waals surface area (Å²) in [6.45, 7) is 5.16. The molecule has 96 valence electrons. The molecule has 1 aromatic heterocycles. The van der Waals surface area contributed by atoms with E-state index in [0.717, 1.165) is 6.54 Å². The van der Waals surface area contributed by atoms with Crippen molar-refractivity contribution in [3.05, 3.63) is 48.5 Å². The molecule has 18 heavy (non-hydrogen) atoms. The van der Waals surface area contributed by atoms with Gasteiger partial charge in [-0.1, -0.05) is 12.1 Å². The zero-order valence-electron chi connectivity index (χ0n) is 10.7. The van der Waals surface area contributed by atoms with E-state index in [1.807, 2.05) is 24.7 Å².